The first-order valence-electron chi connectivity index (χ1n) is 11.6. The molecule has 2 heterocycles. The number of amides is 4. The minimum absolute atomic E-state index is 0.141. The monoisotopic (exact) mass is 525 g/mol. The predicted molar refractivity (Wildman–Crippen MR) is 138 cm³/mol. The van der Waals surface area contributed by atoms with Crippen molar-refractivity contribution in [3.63, 3.8) is 0 Å². The largest absolute Gasteiger partial charge is 0.493 e. The van der Waals surface area contributed by atoms with E-state index >= 15 is 0 Å². The number of ether oxygens (including phenoxy) is 3. The summed E-state index contributed by atoms with van der Waals surface area (Å²) in [7, 11) is 1.46. The van der Waals surface area contributed by atoms with Crippen LogP contribution in [0.4, 0.5) is 10.5 Å². The Labute approximate surface area is 218 Å². The number of methoxy groups -OCH3 is 1. The van der Waals surface area contributed by atoms with Crippen molar-refractivity contribution >= 4 is 46.5 Å². The Balaban J connectivity index is 1.47. The number of aryl methyl sites for hydroxylation is 1. The van der Waals surface area contributed by atoms with Crippen molar-refractivity contribution in [3.05, 3.63) is 58.5 Å². The summed E-state index contributed by atoms with van der Waals surface area (Å²) in [4.78, 5) is 53.2. The van der Waals surface area contributed by atoms with Gasteiger partial charge in [0.15, 0.2) is 18.1 Å². The van der Waals surface area contributed by atoms with Gasteiger partial charge >= 0.3 is 0 Å². The van der Waals surface area contributed by atoms with E-state index in [1.165, 1.54) is 13.2 Å². The van der Waals surface area contributed by atoms with E-state index in [0.717, 1.165) is 22.2 Å². The van der Waals surface area contributed by atoms with Crippen LogP contribution in [0.3, 0.4) is 0 Å². The highest BCUT2D eigenvalue weighted by Gasteiger charge is 2.37. The molecule has 11 heteroatoms. The van der Waals surface area contributed by atoms with E-state index in [1.807, 2.05) is 19.1 Å². The summed E-state index contributed by atoms with van der Waals surface area (Å²) < 4.78 is 16.4. The topological polar surface area (TPSA) is 114 Å². The first kappa shape index (κ1) is 26.2. The molecule has 2 saturated heterocycles. The van der Waals surface area contributed by atoms with E-state index < -0.39 is 11.1 Å². The average molecular weight is 526 g/mol. The van der Waals surface area contributed by atoms with Gasteiger partial charge in [-0.3, -0.25) is 24.1 Å². The molecule has 2 fully saturated rings. The number of carbonyl (C=O) groups excluding carboxylic acids is 4. The van der Waals surface area contributed by atoms with Crippen molar-refractivity contribution in [2.24, 2.45) is 0 Å². The molecule has 0 spiro atoms. The van der Waals surface area contributed by atoms with Crippen LogP contribution in [-0.4, -0.2) is 79.3 Å². The Bertz CT molecular complexity index is 1220. The summed E-state index contributed by atoms with van der Waals surface area (Å²) in [5, 5.41) is 2.23. The molecule has 0 aromatic heterocycles. The number of imide groups is 1. The summed E-state index contributed by atoms with van der Waals surface area (Å²) in [5.74, 6) is -0.638. The number of rotatable bonds is 8. The van der Waals surface area contributed by atoms with Gasteiger partial charge in [0.2, 0.25) is 5.91 Å². The van der Waals surface area contributed by atoms with Crippen LogP contribution in [0, 0.1) is 6.92 Å². The number of thioether (sulfide) groups is 1. The lowest BCUT2D eigenvalue weighted by atomic mass is 10.1. The number of para-hydroxylation sites is 1. The average Bonchev–Trinajstić information content (AvgIpc) is 3.16. The molecule has 2 aromatic rings. The Hall–Kier alpha value is -3.83. The SMILES string of the molecule is COc1cccc(/C=C2/SC(=O)N(CC(=O)N3CCOCC3)C2=O)c1OCC(=O)Nc1ccc(C)cc1. The maximum atomic E-state index is 13.0. The predicted octanol–water partition coefficient (Wildman–Crippen LogP) is 2.92. The number of benzene rings is 2. The Kier molecular flexibility index (Phi) is 8.47. The van der Waals surface area contributed by atoms with Crippen molar-refractivity contribution in [2.75, 3.05) is 51.9 Å². The fraction of sp³-hybridized carbons (Fsp3) is 0.308. The second kappa shape index (κ2) is 11.9. The minimum Gasteiger partial charge on any atom is -0.493 e. The molecule has 0 aliphatic carbocycles. The fourth-order valence-corrected chi connectivity index (χ4v) is 4.59. The lowest BCUT2D eigenvalue weighted by Crippen LogP contribution is -2.46. The number of nitrogens with zero attached hydrogens (tertiary/aromatic N) is 2. The molecule has 37 heavy (non-hydrogen) atoms. The van der Waals surface area contributed by atoms with E-state index in [9.17, 15) is 19.2 Å². The first-order valence-corrected chi connectivity index (χ1v) is 12.4. The van der Waals surface area contributed by atoms with Crippen LogP contribution in [0.1, 0.15) is 11.1 Å². The third-order valence-electron chi connectivity index (χ3n) is 5.73. The number of morpholine rings is 1. The molecule has 0 saturated carbocycles. The van der Waals surface area contributed by atoms with E-state index in [0.29, 0.717) is 43.3 Å². The summed E-state index contributed by atoms with van der Waals surface area (Å²) in [6.07, 6.45) is 1.50. The smallest absolute Gasteiger partial charge is 0.294 e. The highest BCUT2D eigenvalue weighted by molar-refractivity contribution is 8.18. The Morgan fingerprint density at radius 3 is 2.54 bits per heavy atom. The lowest BCUT2D eigenvalue weighted by Gasteiger charge is -2.28. The molecule has 4 amide bonds. The molecule has 1 N–H and O–H groups in total. The van der Waals surface area contributed by atoms with Crippen LogP contribution in [0.15, 0.2) is 47.4 Å². The van der Waals surface area contributed by atoms with Crippen LogP contribution in [0.25, 0.3) is 6.08 Å². The van der Waals surface area contributed by atoms with Gasteiger partial charge in [-0.2, -0.15) is 0 Å². The second-order valence-corrected chi connectivity index (χ2v) is 9.34. The summed E-state index contributed by atoms with van der Waals surface area (Å²) >= 11 is 0.742. The molecule has 0 radical (unpaired) electrons. The van der Waals surface area contributed by atoms with Gasteiger partial charge in [-0.05, 0) is 43.0 Å². The summed E-state index contributed by atoms with van der Waals surface area (Å²) in [6.45, 7) is 3.02. The van der Waals surface area contributed by atoms with Gasteiger partial charge in [0.1, 0.15) is 6.54 Å². The molecular weight excluding hydrogens is 498 g/mol. The van der Waals surface area contributed by atoms with E-state index in [1.54, 1.807) is 35.2 Å². The van der Waals surface area contributed by atoms with Gasteiger partial charge in [0.25, 0.3) is 17.1 Å². The van der Waals surface area contributed by atoms with E-state index in [2.05, 4.69) is 5.32 Å². The molecule has 2 aliphatic rings. The van der Waals surface area contributed by atoms with Crippen LogP contribution in [0.2, 0.25) is 0 Å². The van der Waals surface area contributed by atoms with Gasteiger partial charge in [-0.1, -0.05) is 29.8 Å². The van der Waals surface area contributed by atoms with Crippen molar-refractivity contribution in [2.45, 2.75) is 6.92 Å². The van der Waals surface area contributed by atoms with Crippen LogP contribution in [0.5, 0.6) is 11.5 Å². The molecule has 0 unspecified atom stereocenters. The van der Waals surface area contributed by atoms with Gasteiger partial charge in [0.05, 0.1) is 25.2 Å². The third kappa shape index (κ3) is 6.49. The van der Waals surface area contributed by atoms with Gasteiger partial charge < -0.3 is 24.4 Å². The van der Waals surface area contributed by atoms with Gasteiger partial charge in [0, 0.05) is 24.3 Å². The van der Waals surface area contributed by atoms with Crippen molar-refractivity contribution in [1.29, 1.82) is 0 Å². The van der Waals surface area contributed by atoms with Crippen LogP contribution >= 0.6 is 11.8 Å². The third-order valence-corrected chi connectivity index (χ3v) is 6.64. The molecule has 2 aromatic carbocycles. The number of hydrogen-bond donors (Lipinski definition) is 1. The first-order chi connectivity index (χ1) is 17.9. The summed E-state index contributed by atoms with van der Waals surface area (Å²) in [5.41, 5.74) is 2.16. The maximum absolute atomic E-state index is 13.0. The Morgan fingerprint density at radius 2 is 1.84 bits per heavy atom. The number of nitrogens with one attached hydrogen (secondary N) is 1. The highest BCUT2D eigenvalue weighted by atomic mass is 32.2. The zero-order chi connectivity index (χ0) is 26.4. The molecule has 2 aliphatic heterocycles. The van der Waals surface area contributed by atoms with Gasteiger partial charge in [-0.15, -0.1) is 0 Å². The fourth-order valence-electron chi connectivity index (χ4n) is 3.76. The van der Waals surface area contributed by atoms with Crippen molar-refractivity contribution < 1.29 is 33.4 Å². The molecule has 0 atom stereocenters. The standard InChI is InChI=1S/C26H27N3O7S/c1-17-6-8-19(9-7-17)27-22(30)16-36-24-18(4-3-5-20(24)34-2)14-21-25(32)29(26(33)37-21)15-23(31)28-10-12-35-13-11-28/h3-9,14H,10-13,15-16H2,1-2H3,(H,27,30)/b21-14+. The number of carbonyl (C=O) groups is 4. The lowest BCUT2D eigenvalue weighted by molar-refractivity contribution is -0.139. The zero-order valence-electron chi connectivity index (χ0n) is 20.5. The zero-order valence-corrected chi connectivity index (χ0v) is 21.3. The highest BCUT2D eigenvalue weighted by Crippen LogP contribution is 2.37. The minimum atomic E-state index is -0.567. The number of hydrogen-bond acceptors (Lipinski definition) is 8. The maximum Gasteiger partial charge on any atom is 0.294 e. The molecule has 10 nitrogen and oxygen atoms in total. The van der Waals surface area contributed by atoms with Crippen LogP contribution < -0.4 is 14.8 Å². The summed E-state index contributed by atoms with van der Waals surface area (Å²) in [6, 6.07) is 12.4. The van der Waals surface area contributed by atoms with E-state index in [4.69, 9.17) is 14.2 Å². The molecule has 4 rings (SSSR count). The van der Waals surface area contributed by atoms with Crippen molar-refractivity contribution in [3.8, 4) is 11.5 Å². The normalized spacial score (nSPS) is 16.8. The van der Waals surface area contributed by atoms with Gasteiger partial charge in [-0.25, -0.2) is 0 Å². The quantitative estimate of drug-likeness (QED) is 0.524. The molecular formula is C26H27N3O7S. The molecule has 194 valence electrons. The molecule has 0 bridgehead atoms. The number of anilines is 1. The Morgan fingerprint density at radius 1 is 1.11 bits per heavy atom. The van der Waals surface area contributed by atoms with Crippen LogP contribution in [-0.2, 0) is 19.1 Å². The van der Waals surface area contributed by atoms with E-state index in [-0.39, 0.29) is 35.6 Å². The second-order valence-electron chi connectivity index (χ2n) is 8.34. The van der Waals surface area contributed by atoms with Crippen molar-refractivity contribution in [1.82, 2.24) is 9.80 Å².